The van der Waals surface area contributed by atoms with Crippen molar-refractivity contribution in [2.45, 2.75) is 13.3 Å². The van der Waals surface area contributed by atoms with Gasteiger partial charge >= 0.3 is 5.97 Å². The summed E-state index contributed by atoms with van der Waals surface area (Å²) in [7, 11) is 2.57. The van der Waals surface area contributed by atoms with Crippen molar-refractivity contribution in [2.24, 2.45) is 0 Å². The molecule has 0 bridgehead atoms. The summed E-state index contributed by atoms with van der Waals surface area (Å²) in [5.41, 5.74) is 0. The standard InChI is InChI=1S/C6H12ClNO4S/c1-3-12-6(9)4-5-8(2)13(7,10)11/h3-5H2,1-2H3. The van der Waals surface area contributed by atoms with Gasteiger partial charge in [-0.15, -0.1) is 0 Å². The van der Waals surface area contributed by atoms with Crippen LogP contribution in [0.25, 0.3) is 0 Å². The molecule has 0 aromatic heterocycles. The van der Waals surface area contributed by atoms with E-state index in [1.54, 1.807) is 6.92 Å². The van der Waals surface area contributed by atoms with Gasteiger partial charge in [0.25, 0.3) is 9.24 Å². The number of rotatable bonds is 5. The Morgan fingerprint density at radius 2 is 2.08 bits per heavy atom. The van der Waals surface area contributed by atoms with Gasteiger partial charge in [-0.1, -0.05) is 0 Å². The Labute approximate surface area is 82.2 Å². The van der Waals surface area contributed by atoms with E-state index in [2.05, 4.69) is 4.74 Å². The second kappa shape index (κ2) is 5.41. The van der Waals surface area contributed by atoms with Gasteiger partial charge in [0.15, 0.2) is 0 Å². The molecule has 0 N–H and O–H groups in total. The van der Waals surface area contributed by atoms with Gasteiger partial charge in [-0.25, -0.2) is 0 Å². The zero-order valence-corrected chi connectivity index (χ0v) is 9.06. The first-order valence-electron chi connectivity index (χ1n) is 3.69. The number of esters is 1. The highest BCUT2D eigenvalue weighted by molar-refractivity contribution is 8.11. The Balaban J connectivity index is 3.84. The molecule has 0 aliphatic rings. The number of carbonyl (C=O) groups excluding carboxylic acids is 1. The molecule has 0 unspecified atom stereocenters. The number of halogens is 1. The predicted octanol–water partition coefficient (Wildman–Crippen LogP) is 0.355. The van der Waals surface area contributed by atoms with E-state index < -0.39 is 15.2 Å². The number of carbonyl (C=O) groups is 1. The molecule has 0 saturated carbocycles. The Hall–Kier alpha value is -0.330. The predicted molar refractivity (Wildman–Crippen MR) is 48.7 cm³/mol. The van der Waals surface area contributed by atoms with Crippen LogP contribution in [0.4, 0.5) is 0 Å². The summed E-state index contributed by atoms with van der Waals surface area (Å²) in [5.74, 6) is -0.435. The quantitative estimate of drug-likeness (QED) is 0.504. The van der Waals surface area contributed by atoms with Crippen LogP contribution in [0.15, 0.2) is 0 Å². The molecule has 78 valence electrons. The summed E-state index contributed by atoms with van der Waals surface area (Å²) < 4.78 is 26.8. The smallest absolute Gasteiger partial charge is 0.307 e. The maximum absolute atomic E-state index is 10.8. The molecule has 0 fully saturated rings. The van der Waals surface area contributed by atoms with Gasteiger partial charge in [-0.2, -0.15) is 12.7 Å². The fourth-order valence-electron chi connectivity index (χ4n) is 0.591. The normalized spacial score (nSPS) is 11.7. The van der Waals surface area contributed by atoms with Crippen LogP contribution in [0.3, 0.4) is 0 Å². The molecule has 7 heteroatoms. The minimum absolute atomic E-state index is 0.0102. The first kappa shape index (κ1) is 12.7. The fourth-order valence-corrected chi connectivity index (χ4v) is 1.11. The Morgan fingerprint density at radius 1 is 1.54 bits per heavy atom. The highest BCUT2D eigenvalue weighted by Gasteiger charge is 2.14. The maximum atomic E-state index is 10.8. The van der Waals surface area contributed by atoms with E-state index in [0.717, 1.165) is 4.31 Å². The molecule has 0 amide bonds. The summed E-state index contributed by atoms with van der Waals surface area (Å²) >= 11 is 0. The molecule has 0 aliphatic carbocycles. The van der Waals surface area contributed by atoms with E-state index in [-0.39, 0.29) is 19.6 Å². The number of hydrogen-bond acceptors (Lipinski definition) is 4. The molecule has 0 radical (unpaired) electrons. The van der Waals surface area contributed by atoms with Crippen LogP contribution in [0, 0.1) is 0 Å². The van der Waals surface area contributed by atoms with Crippen molar-refractivity contribution >= 4 is 25.9 Å². The van der Waals surface area contributed by atoms with Crippen LogP contribution in [0.1, 0.15) is 13.3 Å². The summed E-state index contributed by atoms with van der Waals surface area (Å²) in [6.45, 7) is 2.00. The zero-order valence-electron chi connectivity index (χ0n) is 7.49. The number of hydrogen-bond donors (Lipinski definition) is 0. The van der Waals surface area contributed by atoms with Crippen molar-refractivity contribution in [2.75, 3.05) is 20.2 Å². The van der Waals surface area contributed by atoms with Gasteiger partial charge in [0.2, 0.25) is 0 Å². The van der Waals surface area contributed by atoms with Gasteiger partial charge in [-0.3, -0.25) is 4.79 Å². The lowest BCUT2D eigenvalue weighted by molar-refractivity contribution is -0.143. The van der Waals surface area contributed by atoms with Crippen molar-refractivity contribution in [1.82, 2.24) is 4.31 Å². The van der Waals surface area contributed by atoms with E-state index in [0.29, 0.717) is 0 Å². The molecule has 0 spiro atoms. The molecule has 5 nitrogen and oxygen atoms in total. The third-order valence-electron chi connectivity index (χ3n) is 1.31. The van der Waals surface area contributed by atoms with Crippen LogP contribution in [-0.2, 0) is 18.8 Å². The minimum Gasteiger partial charge on any atom is -0.466 e. The van der Waals surface area contributed by atoms with Crippen LogP contribution < -0.4 is 0 Å². The Morgan fingerprint density at radius 3 is 2.46 bits per heavy atom. The monoisotopic (exact) mass is 229 g/mol. The molecule has 0 heterocycles. The van der Waals surface area contributed by atoms with Crippen molar-refractivity contribution in [3.63, 3.8) is 0 Å². The Bertz CT molecular complexity index is 264. The van der Waals surface area contributed by atoms with Gasteiger partial charge in [0.05, 0.1) is 13.0 Å². The van der Waals surface area contributed by atoms with Gasteiger partial charge in [0, 0.05) is 24.3 Å². The third kappa shape index (κ3) is 5.84. The van der Waals surface area contributed by atoms with Gasteiger partial charge in [0.1, 0.15) is 0 Å². The fraction of sp³-hybridized carbons (Fsp3) is 0.833. The zero-order chi connectivity index (χ0) is 10.5. The molecule has 0 saturated heterocycles. The maximum Gasteiger partial charge on any atom is 0.307 e. The van der Waals surface area contributed by atoms with Crippen molar-refractivity contribution < 1.29 is 17.9 Å². The second-order valence-electron chi connectivity index (χ2n) is 2.32. The average molecular weight is 230 g/mol. The average Bonchev–Trinajstić information content (AvgIpc) is 1.99. The lowest BCUT2D eigenvalue weighted by atomic mass is 10.4. The van der Waals surface area contributed by atoms with Crippen LogP contribution in [0.2, 0.25) is 0 Å². The van der Waals surface area contributed by atoms with Gasteiger partial charge < -0.3 is 4.74 Å². The number of ether oxygens (including phenoxy) is 1. The van der Waals surface area contributed by atoms with Crippen LogP contribution in [0.5, 0.6) is 0 Å². The van der Waals surface area contributed by atoms with E-state index >= 15 is 0 Å². The molecular weight excluding hydrogens is 218 g/mol. The summed E-state index contributed by atoms with van der Waals surface area (Å²) in [6.07, 6.45) is 0.0102. The van der Waals surface area contributed by atoms with E-state index in [1.807, 2.05) is 0 Å². The lowest BCUT2D eigenvalue weighted by Crippen LogP contribution is -2.25. The third-order valence-corrected chi connectivity index (χ3v) is 2.94. The molecule has 0 aliphatic heterocycles. The largest absolute Gasteiger partial charge is 0.466 e. The SMILES string of the molecule is CCOC(=O)CCN(C)S(=O)(=O)Cl. The van der Waals surface area contributed by atoms with Crippen molar-refractivity contribution in [1.29, 1.82) is 0 Å². The van der Waals surface area contributed by atoms with E-state index in [4.69, 9.17) is 10.7 Å². The van der Waals surface area contributed by atoms with Crippen LogP contribution in [-0.4, -0.2) is 38.9 Å². The summed E-state index contributed by atoms with van der Waals surface area (Å²) in [4.78, 5) is 10.8. The van der Waals surface area contributed by atoms with E-state index in [1.165, 1.54) is 7.05 Å². The first-order valence-corrected chi connectivity index (χ1v) is 5.96. The molecule has 0 rings (SSSR count). The lowest BCUT2D eigenvalue weighted by Gasteiger charge is -2.10. The molecule has 0 aromatic rings. The number of nitrogens with zero attached hydrogens (tertiary/aromatic N) is 1. The van der Waals surface area contributed by atoms with Crippen LogP contribution >= 0.6 is 10.7 Å². The topological polar surface area (TPSA) is 63.7 Å². The second-order valence-corrected chi connectivity index (χ2v) is 4.94. The summed E-state index contributed by atoms with van der Waals surface area (Å²) in [5, 5.41) is 0. The first-order chi connectivity index (χ1) is 5.88. The Kier molecular flexibility index (Phi) is 5.27. The molecule has 13 heavy (non-hydrogen) atoms. The summed E-state index contributed by atoms with van der Waals surface area (Å²) in [6, 6.07) is 0. The minimum atomic E-state index is -3.72. The van der Waals surface area contributed by atoms with Gasteiger partial charge in [-0.05, 0) is 6.92 Å². The molecule has 0 aromatic carbocycles. The van der Waals surface area contributed by atoms with Crippen molar-refractivity contribution in [3.8, 4) is 0 Å². The molecule has 0 atom stereocenters. The van der Waals surface area contributed by atoms with E-state index in [9.17, 15) is 13.2 Å². The highest BCUT2D eigenvalue weighted by Crippen LogP contribution is 2.03. The highest BCUT2D eigenvalue weighted by atomic mass is 35.7. The molecular formula is C6H12ClNO4S. The van der Waals surface area contributed by atoms with Crippen molar-refractivity contribution in [3.05, 3.63) is 0 Å².